The van der Waals surface area contributed by atoms with Crippen molar-refractivity contribution in [2.45, 2.75) is 38.3 Å². The second kappa shape index (κ2) is 16.0. The molecule has 3 aliphatic heterocycles. The molecule has 0 saturated carbocycles. The molecule has 7 heterocycles. The van der Waals surface area contributed by atoms with Crippen molar-refractivity contribution in [3.05, 3.63) is 89.5 Å². The Balaban J connectivity index is 0.728. The summed E-state index contributed by atoms with van der Waals surface area (Å²) in [5.74, 6) is 1.05. The van der Waals surface area contributed by atoms with Gasteiger partial charge in [-0.1, -0.05) is 17.3 Å². The highest BCUT2D eigenvalue weighted by molar-refractivity contribution is 5.99. The number of piperazine rings is 1. The fourth-order valence-corrected chi connectivity index (χ4v) is 8.08. The monoisotopic (exact) mass is 785 g/mol. The van der Waals surface area contributed by atoms with E-state index >= 15 is 0 Å². The highest BCUT2D eigenvalue weighted by Gasteiger charge is 2.31. The number of imide groups is 1. The van der Waals surface area contributed by atoms with Crippen LogP contribution < -0.4 is 26.4 Å². The minimum absolute atomic E-state index is 0.00394. The predicted molar refractivity (Wildman–Crippen MR) is 214 cm³/mol. The lowest BCUT2D eigenvalue weighted by Crippen LogP contribution is -2.49. The number of carbonyl (C=O) groups is 3. The topological polar surface area (TPSA) is 201 Å². The molecule has 4 aromatic heterocycles. The van der Waals surface area contributed by atoms with Gasteiger partial charge in [0.2, 0.25) is 17.8 Å². The number of piperidine rings is 2. The van der Waals surface area contributed by atoms with Crippen molar-refractivity contribution in [3.63, 3.8) is 0 Å². The number of nitrogens with zero attached hydrogens (tertiary/aromatic N) is 10. The molecule has 3 N–H and O–H groups in total. The first-order chi connectivity index (χ1) is 28.4. The standard InChI is InChI=1S/C40H43N13O5/c54-35-10-9-34(38(56)45-35)53-39(57)31-20-28(5-8-33(31)46-48-53)41-23-36(55)51-13-11-26(12-14-51)24-49-15-17-50(18-16-49)29-6-3-27(4-7-29)32-22-43-40(52-25-44-47-37(32)52)42-21-30-2-1-19-58-30/h1-8,19-20,22,25-26,34,41H,9-18,21,23-24H2,(H,42,43)(H,45,54,56). The van der Waals surface area contributed by atoms with Crippen LogP contribution in [0.3, 0.4) is 0 Å². The number of aromatic nitrogens is 7. The van der Waals surface area contributed by atoms with Crippen LogP contribution in [0.1, 0.15) is 37.5 Å². The zero-order valence-corrected chi connectivity index (χ0v) is 31.8. The van der Waals surface area contributed by atoms with E-state index in [1.54, 1.807) is 30.8 Å². The van der Waals surface area contributed by atoms with Crippen LogP contribution in [-0.4, -0.2) is 114 Å². The van der Waals surface area contributed by atoms with E-state index in [2.05, 4.69) is 75.5 Å². The number of carbonyl (C=O) groups excluding carboxylic acids is 3. The normalized spacial score (nSPS) is 18.2. The summed E-state index contributed by atoms with van der Waals surface area (Å²) < 4.78 is 8.31. The van der Waals surface area contributed by atoms with E-state index in [9.17, 15) is 19.2 Å². The van der Waals surface area contributed by atoms with Crippen LogP contribution in [0, 0.1) is 5.92 Å². The Morgan fingerprint density at radius 3 is 2.52 bits per heavy atom. The maximum atomic E-state index is 13.3. The zero-order valence-electron chi connectivity index (χ0n) is 31.8. The first kappa shape index (κ1) is 36.9. The molecular weight excluding hydrogens is 743 g/mol. The van der Waals surface area contributed by atoms with E-state index in [1.165, 1.54) is 5.69 Å². The molecule has 3 amide bonds. The lowest BCUT2D eigenvalue weighted by molar-refractivity contribution is -0.136. The second-order valence-electron chi connectivity index (χ2n) is 15.0. The van der Waals surface area contributed by atoms with Gasteiger partial charge in [-0.3, -0.25) is 33.8 Å². The van der Waals surface area contributed by atoms with Crippen LogP contribution >= 0.6 is 0 Å². The summed E-state index contributed by atoms with van der Waals surface area (Å²) in [5, 5.41) is 25.5. The summed E-state index contributed by atoms with van der Waals surface area (Å²) in [6.45, 7) is 6.90. The SMILES string of the molecule is O=C1CCC(n2nnc3ccc(NCC(=O)N4CCC(CN5CCN(c6ccc(-c7cnc(NCc8ccco8)n8cnnc78)cc6)CC5)CC4)cc3c2=O)C(=O)N1. The van der Waals surface area contributed by atoms with Gasteiger partial charge in [0.1, 0.15) is 23.6 Å². The van der Waals surface area contributed by atoms with Crippen LogP contribution in [0.25, 0.3) is 27.7 Å². The molecule has 18 heteroatoms. The Morgan fingerprint density at radius 1 is 0.914 bits per heavy atom. The molecule has 1 atom stereocenters. The summed E-state index contributed by atoms with van der Waals surface area (Å²) in [4.78, 5) is 61.9. The van der Waals surface area contributed by atoms with Gasteiger partial charge >= 0.3 is 0 Å². The molecule has 298 valence electrons. The molecule has 58 heavy (non-hydrogen) atoms. The molecule has 3 fully saturated rings. The van der Waals surface area contributed by atoms with Gasteiger partial charge in [0.05, 0.1) is 24.7 Å². The highest BCUT2D eigenvalue weighted by atomic mass is 16.3. The lowest BCUT2D eigenvalue weighted by Gasteiger charge is -2.39. The van der Waals surface area contributed by atoms with Crippen molar-refractivity contribution in [1.29, 1.82) is 0 Å². The van der Waals surface area contributed by atoms with E-state index in [-0.39, 0.29) is 36.6 Å². The lowest BCUT2D eigenvalue weighted by atomic mass is 9.95. The third-order valence-electron chi connectivity index (χ3n) is 11.4. The molecule has 18 nitrogen and oxygen atoms in total. The van der Waals surface area contributed by atoms with Crippen LogP contribution in [0.5, 0.6) is 0 Å². The third kappa shape index (κ3) is 7.69. The Labute approximate surface area is 332 Å². The molecule has 0 aliphatic carbocycles. The molecule has 6 aromatic rings. The molecule has 2 aromatic carbocycles. The quantitative estimate of drug-likeness (QED) is 0.162. The summed E-state index contributed by atoms with van der Waals surface area (Å²) in [6.07, 6.45) is 7.35. The number of benzene rings is 2. The molecule has 3 saturated heterocycles. The van der Waals surface area contributed by atoms with Gasteiger partial charge in [-0.2, -0.15) is 4.68 Å². The number of fused-ring (bicyclic) bond motifs is 2. The van der Waals surface area contributed by atoms with Gasteiger partial charge in [0, 0.05) is 75.4 Å². The van der Waals surface area contributed by atoms with Gasteiger partial charge in [-0.05, 0) is 73.2 Å². The van der Waals surface area contributed by atoms with Gasteiger partial charge in [-0.15, -0.1) is 15.3 Å². The molecule has 9 rings (SSSR count). The van der Waals surface area contributed by atoms with Crippen molar-refractivity contribution in [1.82, 2.24) is 49.7 Å². The van der Waals surface area contributed by atoms with Gasteiger partial charge < -0.3 is 24.9 Å². The van der Waals surface area contributed by atoms with Gasteiger partial charge in [0.25, 0.3) is 11.5 Å². The molecule has 1 unspecified atom stereocenters. The Kier molecular flexibility index (Phi) is 10.2. The molecule has 3 aliphatic rings. The number of amides is 3. The summed E-state index contributed by atoms with van der Waals surface area (Å²) in [5.41, 5.74) is 4.34. The maximum Gasteiger partial charge on any atom is 0.278 e. The van der Waals surface area contributed by atoms with Crippen molar-refractivity contribution in [2.75, 3.05) is 67.9 Å². The van der Waals surface area contributed by atoms with E-state index in [0.717, 1.165) is 72.8 Å². The summed E-state index contributed by atoms with van der Waals surface area (Å²) in [7, 11) is 0. The number of furan rings is 1. The fourth-order valence-electron chi connectivity index (χ4n) is 8.08. The number of nitrogens with one attached hydrogen (secondary N) is 3. The number of anilines is 3. The smallest absolute Gasteiger partial charge is 0.278 e. The average Bonchev–Trinajstić information content (AvgIpc) is 3.97. The summed E-state index contributed by atoms with van der Waals surface area (Å²) >= 11 is 0. The second-order valence-corrected chi connectivity index (χ2v) is 15.0. The van der Waals surface area contributed by atoms with Crippen LogP contribution in [0.4, 0.5) is 17.3 Å². The first-order valence-electron chi connectivity index (χ1n) is 19.6. The summed E-state index contributed by atoms with van der Waals surface area (Å²) in [6, 6.07) is 16.5. The van der Waals surface area contributed by atoms with Gasteiger partial charge in [0.15, 0.2) is 5.65 Å². The Bertz CT molecular complexity index is 2500. The molecule has 0 spiro atoms. The Morgan fingerprint density at radius 2 is 1.74 bits per heavy atom. The number of likely N-dealkylation sites (tertiary alicyclic amines) is 1. The largest absolute Gasteiger partial charge is 0.467 e. The predicted octanol–water partition coefficient (Wildman–Crippen LogP) is 2.55. The van der Waals surface area contributed by atoms with Crippen LogP contribution in [-0.2, 0) is 20.9 Å². The molecule has 0 bridgehead atoms. The maximum absolute atomic E-state index is 13.3. The van der Waals surface area contributed by atoms with Crippen LogP contribution in [0.2, 0.25) is 0 Å². The third-order valence-corrected chi connectivity index (χ3v) is 11.4. The van der Waals surface area contributed by atoms with E-state index in [1.807, 2.05) is 27.6 Å². The van der Waals surface area contributed by atoms with Crippen LogP contribution in [0.15, 0.2) is 82.6 Å². The van der Waals surface area contributed by atoms with Crippen molar-refractivity contribution in [2.24, 2.45) is 5.92 Å². The number of hydrogen-bond donors (Lipinski definition) is 3. The number of rotatable bonds is 11. The van der Waals surface area contributed by atoms with Gasteiger partial charge in [-0.25, -0.2) is 4.98 Å². The Hall–Kier alpha value is -6.69. The molecular formula is C40H43N13O5. The highest BCUT2D eigenvalue weighted by Crippen LogP contribution is 2.28. The van der Waals surface area contributed by atoms with Crippen molar-refractivity contribution >= 4 is 51.6 Å². The van der Waals surface area contributed by atoms with E-state index in [0.29, 0.717) is 42.7 Å². The van der Waals surface area contributed by atoms with Crippen molar-refractivity contribution < 1.29 is 18.8 Å². The van der Waals surface area contributed by atoms with E-state index < -0.39 is 17.5 Å². The average molecular weight is 786 g/mol. The van der Waals surface area contributed by atoms with Crippen molar-refractivity contribution in [3.8, 4) is 11.1 Å². The number of hydrogen-bond acceptors (Lipinski definition) is 14. The minimum atomic E-state index is -0.901. The minimum Gasteiger partial charge on any atom is -0.467 e. The van der Waals surface area contributed by atoms with E-state index in [4.69, 9.17) is 4.42 Å². The zero-order chi connectivity index (χ0) is 39.6. The molecule has 0 radical (unpaired) electrons. The fraction of sp³-hybridized carbons (Fsp3) is 0.375. The first-order valence-corrected chi connectivity index (χ1v) is 19.6.